The molecule has 0 bridgehead atoms. The van der Waals surface area contributed by atoms with Crippen molar-refractivity contribution in [3.05, 3.63) is 0 Å². The number of aliphatic hydroxyl groups is 1. The third kappa shape index (κ3) is 73.5. The van der Waals surface area contributed by atoms with E-state index in [0.29, 0.717) is 6.92 Å². The molecule has 0 spiro atoms. The Bertz CT molecular complexity index is 89.6. The first-order valence-corrected chi connectivity index (χ1v) is 2.68. The summed E-state index contributed by atoms with van der Waals surface area (Å²) in [6.07, 6.45) is -4.40. The van der Waals surface area contributed by atoms with E-state index < -0.39 is 18.2 Å². The minimum Gasteiger partial charge on any atom is -0.387 e. The van der Waals surface area contributed by atoms with Gasteiger partial charge in [-0.1, -0.05) is 0 Å². The van der Waals surface area contributed by atoms with Crippen LogP contribution in [-0.2, 0) is 0 Å². The molecule has 7 heteroatoms. The molecule has 70 valence electrons. The second-order valence-electron chi connectivity index (χ2n) is 1.55. The van der Waals surface area contributed by atoms with Crippen LogP contribution < -0.4 is 0 Å². The molecular formula is C4H6ClF5O. The van der Waals surface area contributed by atoms with Crippen LogP contribution in [-0.4, -0.2) is 23.3 Å². The van der Waals surface area contributed by atoms with Crippen molar-refractivity contribution in [1.29, 1.82) is 0 Å². The van der Waals surface area contributed by atoms with Gasteiger partial charge in [0.05, 0.1) is 0 Å². The molecule has 0 aliphatic heterocycles. The Morgan fingerprint density at radius 2 is 1.27 bits per heavy atom. The molecule has 0 aromatic rings. The molecule has 0 aromatic carbocycles. The highest BCUT2D eigenvalue weighted by atomic mass is 35.5. The van der Waals surface area contributed by atoms with Crippen LogP contribution in [0.2, 0.25) is 0 Å². The van der Waals surface area contributed by atoms with E-state index >= 15 is 0 Å². The minimum atomic E-state index is -4.40. The normalized spacial score (nSPS) is 12.0. The molecule has 0 amide bonds. The van der Waals surface area contributed by atoms with E-state index in [4.69, 9.17) is 5.11 Å². The van der Waals surface area contributed by atoms with Gasteiger partial charge in [0.25, 0.3) is 0 Å². The summed E-state index contributed by atoms with van der Waals surface area (Å²) < 4.78 is 53.2. The summed E-state index contributed by atoms with van der Waals surface area (Å²) in [6.45, 7) is -1.11. The molecule has 0 aliphatic carbocycles. The van der Waals surface area contributed by atoms with Gasteiger partial charge in [0.15, 0.2) is 0 Å². The number of rotatable bonds is 0. The Morgan fingerprint density at radius 3 is 1.27 bits per heavy atom. The average molecular weight is 201 g/mol. The minimum absolute atomic E-state index is 0.620. The van der Waals surface area contributed by atoms with Gasteiger partial charge >= 0.3 is 11.6 Å². The number of hydrogen-bond acceptors (Lipinski definition) is 1. The first-order valence-electron chi connectivity index (χ1n) is 2.30. The zero-order valence-corrected chi connectivity index (χ0v) is 6.18. The molecule has 0 heterocycles. The molecule has 0 aliphatic rings. The van der Waals surface area contributed by atoms with Crippen LogP contribution in [0.25, 0.3) is 0 Å². The van der Waals surface area contributed by atoms with Crippen molar-refractivity contribution in [2.45, 2.75) is 18.5 Å². The van der Waals surface area contributed by atoms with Crippen LogP contribution in [0.1, 0.15) is 6.92 Å². The van der Waals surface area contributed by atoms with Gasteiger partial charge in [0.2, 0.25) is 0 Å². The predicted molar refractivity (Wildman–Crippen MR) is 29.6 cm³/mol. The van der Waals surface area contributed by atoms with Crippen LogP contribution in [0, 0.1) is 0 Å². The van der Waals surface area contributed by atoms with E-state index in [1.165, 1.54) is 0 Å². The molecule has 0 saturated carbocycles. The SMILES string of the molecule is CC(F)(F)Cl.OCC(F)(F)F. The molecule has 0 unspecified atom stereocenters. The average Bonchev–Trinajstić information content (AvgIpc) is 1.59. The Balaban J connectivity index is 0. The van der Waals surface area contributed by atoms with E-state index in [9.17, 15) is 22.0 Å². The van der Waals surface area contributed by atoms with Gasteiger partial charge in [-0.25, -0.2) is 0 Å². The van der Waals surface area contributed by atoms with Gasteiger partial charge in [0.1, 0.15) is 6.61 Å². The molecule has 1 N–H and O–H groups in total. The largest absolute Gasteiger partial charge is 0.411 e. The summed E-state index contributed by atoms with van der Waals surface area (Å²) >= 11 is 4.20. The predicted octanol–water partition coefficient (Wildman–Crippen LogP) is 2.38. The van der Waals surface area contributed by atoms with Gasteiger partial charge in [0, 0.05) is 6.92 Å². The molecule has 11 heavy (non-hydrogen) atoms. The van der Waals surface area contributed by atoms with Gasteiger partial charge in [-0.3, -0.25) is 0 Å². The van der Waals surface area contributed by atoms with Crippen molar-refractivity contribution >= 4 is 11.6 Å². The highest BCUT2D eigenvalue weighted by Gasteiger charge is 2.24. The molecular weight excluding hydrogens is 194 g/mol. The van der Waals surface area contributed by atoms with Crippen LogP contribution in [0.15, 0.2) is 0 Å². The standard InChI is InChI=1S/C2H3ClF2.C2H3F3O/c1-2(3,4)5;3-2(4,5)1-6/h1H3;6H,1H2. The van der Waals surface area contributed by atoms with E-state index in [2.05, 4.69) is 11.6 Å². The maximum atomic E-state index is 10.8. The number of halogens is 6. The maximum Gasteiger partial charge on any atom is 0.411 e. The Labute approximate surface area is 64.8 Å². The van der Waals surface area contributed by atoms with Crippen LogP contribution in [0.3, 0.4) is 0 Å². The van der Waals surface area contributed by atoms with E-state index in [1.807, 2.05) is 0 Å². The van der Waals surface area contributed by atoms with Crippen LogP contribution in [0.4, 0.5) is 22.0 Å². The zero-order chi connectivity index (χ0) is 9.71. The zero-order valence-electron chi connectivity index (χ0n) is 5.42. The number of alkyl halides is 6. The summed E-state index contributed by atoms with van der Waals surface area (Å²) in [5.74, 6) is 0. The lowest BCUT2D eigenvalue weighted by Gasteiger charge is -1.95. The Morgan fingerprint density at radius 1 is 1.18 bits per heavy atom. The summed E-state index contributed by atoms with van der Waals surface area (Å²) in [6, 6.07) is 0. The third-order valence-corrected chi connectivity index (χ3v) is 0.179. The van der Waals surface area contributed by atoms with Crippen molar-refractivity contribution in [3.8, 4) is 0 Å². The topological polar surface area (TPSA) is 20.2 Å². The fraction of sp³-hybridized carbons (Fsp3) is 1.00. The van der Waals surface area contributed by atoms with Crippen molar-refractivity contribution in [2.75, 3.05) is 6.61 Å². The Hall–Kier alpha value is -0.100. The lowest BCUT2D eigenvalue weighted by molar-refractivity contribution is -0.159. The highest BCUT2D eigenvalue weighted by molar-refractivity contribution is 6.21. The van der Waals surface area contributed by atoms with E-state index in [1.54, 1.807) is 0 Å². The maximum absolute atomic E-state index is 10.8. The van der Waals surface area contributed by atoms with E-state index in [0.717, 1.165) is 0 Å². The van der Waals surface area contributed by atoms with Crippen molar-refractivity contribution in [1.82, 2.24) is 0 Å². The first kappa shape index (κ1) is 13.5. The van der Waals surface area contributed by atoms with Gasteiger partial charge in [-0.2, -0.15) is 22.0 Å². The number of hydrogen-bond donors (Lipinski definition) is 1. The van der Waals surface area contributed by atoms with Crippen molar-refractivity contribution < 1.29 is 27.1 Å². The monoisotopic (exact) mass is 200 g/mol. The van der Waals surface area contributed by atoms with Gasteiger partial charge in [-0.05, 0) is 11.6 Å². The van der Waals surface area contributed by atoms with Crippen LogP contribution in [0.5, 0.6) is 0 Å². The second kappa shape index (κ2) is 4.71. The molecule has 0 aromatic heterocycles. The smallest absolute Gasteiger partial charge is 0.387 e. The molecule has 1 nitrogen and oxygen atoms in total. The lowest BCUT2D eigenvalue weighted by Crippen LogP contribution is -2.12. The highest BCUT2D eigenvalue weighted by Crippen LogP contribution is 2.15. The van der Waals surface area contributed by atoms with Crippen molar-refractivity contribution in [2.24, 2.45) is 0 Å². The molecule has 0 saturated heterocycles. The molecule has 0 rings (SSSR count). The summed E-state index contributed by atoms with van der Waals surface area (Å²) in [7, 11) is 0. The van der Waals surface area contributed by atoms with Gasteiger partial charge < -0.3 is 5.11 Å². The molecule has 0 fully saturated rings. The van der Waals surface area contributed by atoms with Crippen molar-refractivity contribution in [3.63, 3.8) is 0 Å². The fourth-order valence-electron chi connectivity index (χ4n) is 0. The van der Waals surface area contributed by atoms with Gasteiger partial charge in [-0.15, -0.1) is 0 Å². The fourth-order valence-corrected chi connectivity index (χ4v) is 0. The summed E-state index contributed by atoms with van der Waals surface area (Å²) in [5, 5.41) is 4.25. The Kier molecular flexibility index (Phi) is 5.78. The van der Waals surface area contributed by atoms with Crippen LogP contribution >= 0.6 is 11.6 Å². The first-order chi connectivity index (χ1) is 4.56. The third-order valence-electron chi connectivity index (χ3n) is 0.179. The summed E-state index contributed by atoms with van der Waals surface area (Å²) in [5.41, 5.74) is 0. The second-order valence-corrected chi connectivity index (χ2v) is 2.22. The summed E-state index contributed by atoms with van der Waals surface area (Å²) in [4.78, 5) is 0. The quantitative estimate of drug-likeness (QED) is 0.470. The lowest BCUT2D eigenvalue weighted by atomic mass is 10.7. The molecule has 0 atom stereocenters. The number of aliphatic hydroxyl groups excluding tert-OH is 1. The molecule has 0 radical (unpaired) electrons. The van der Waals surface area contributed by atoms with E-state index in [-0.39, 0.29) is 0 Å².